The lowest BCUT2D eigenvalue weighted by Crippen LogP contribution is -2.40. The molecule has 0 atom stereocenters. The molecule has 2 N–H and O–H groups in total. The third-order valence-corrected chi connectivity index (χ3v) is 4.37. The minimum Gasteiger partial charge on any atom is -0.336 e. The summed E-state index contributed by atoms with van der Waals surface area (Å²) in [6, 6.07) is 2.63. The number of hydrogen-bond donors (Lipinski definition) is 1. The third kappa shape index (κ3) is 1.97. The van der Waals surface area contributed by atoms with Crippen LogP contribution in [0.25, 0.3) is 0 Å². The lowest BCUT2D eigenvalue weighted by Gasteiger charge is -2.24. The van der Waals surface area contributed by atoms with E-state index < -0.39 is 11.3 Å². The first-order valence-corrected chi connectivity index (χ1v) is 7.63. The summed E-state index contributed by atoms with van der Waals surface area (Å²) in [4.78, 5) is 50.1. The number of aromatic nitrogens is 2. The third-order valence-electron chi connectivity index (χ3n) is 4.37. The van der Waals surface area contributed by atoms with Crippen LogP contribution < -0.4 is 17.0 Å². The molecular weight excluding hydrogens is 310 g/mol. The Morgan fingerprint density at radius 1 is 0.958 bits per heavy atom. The standard InChI is InChI=1S/C17H17N3O4/c1-4-5-9-7-10(21)19(3)14-13(9)16(23)12-8(2)6-11(22)20(18)15(12)17(14)24/h6-7H,4-5,18H2,1-3H3. The number of fused-ring (bicyclic) bond motifs is 2. The van der Waals surface area contributed by atoms with Crippen molar-refractivity contribution in [1.29, 1.82) is 0 Å². The highest BCUT2D eigenvalue weighted by molar-refractivity contribution is 6.28. The number of hydrogen-bond acceptors (Lipinski definition) is 5. The van der Waals surface area contributed by atoms with Gasteiger partial charge in [0.15, 0.2) is 5.78 Å². The number of nitrogens with zero attached hydrogens (tertiary/aromatic N) is 2. The van der Waals surface area contributed by atoms with Crippen LogP contribution in [-0.2, 0) is 13.5 Å². The highest BCUT2D eigenvalue weighted by Crippen LogP contribution is 2.29. The molecule has 0 amide bonds. The molecule has 7 nitrogen and oxygen atoms in total. The number of rotatable bonds is 2. The Balaban J connectivity index is 2.48. The molecule has 0 saturated carbocycles. The predicted molar refractivity (Wildman–Crippen MR) is 88.1 cm³/mol. The van der Waals surface area contributed by atoms with Gasteiger partial charge in [-0.15, -0.1) is 0 Å². The molecule has 0 aromatic carbocycles. The van der Waals surface area contributed by atoms with E-state index >= 15 is 0 Å². The molecule has 0 saturated heterocycles. The van der Waals surface area contributed by atoms with Crippen LogP contribution in [0.3, 0.4) is 0 Å². The normalized spacial score (nSPS) is 13.0. The summed E-state index contributed by atoms with van der Waals surface area (Å²) in [5.74, 6) is 4.75. The largest absolute Gasteiger partial charge is 0.336 e. The number of carbonyl (C=O) groups excluding carboxylic acids is 2. The number of pyridine rings is 2. The maximum Gasteiger partial charge on any atom is 0.269 e. The monoisotopic (exact) mass is 327 g/mol. The summed E-state index contributed by atoms with van der Waals surface area (Å²) in [7, 11) is 1.43. The quantitative estimate of drug-likeness (QED) is 0.682. The molecule has 0 unspecified atom stereocenters. The van der Waals surface area contributed by atoms with Crippen molar-refractivity contribution < 1.29 is 9.59 Å². The van der Waals surface area contributed by atoms with Gasteiger partial charge in [0.1, 0.15) is 11.4 Å². The molecule has 3 rings (SSSR count). The Morgan fingerprint density at radius 2 is 1.62 bits per heavy atom. The Bertz CT molecular complexity index is 1030. The van der Waals surface area contributed by atoms with E-state index in [0.29, 0.717) is 22.2 Å². The van der Waals surface area contributed by atoms with Gasteiger partial charge in [0, 0.05) is 19.2 Å². The fourth-order valence-corrected chi connectivity index (χ4v) is 3.22. The molecule has 124 valence electrons. The molecule has 0 radical (unpaired) electrons. The van der Waals surface area contributed by atoms with Crippen LogP contribution in [0.1, 0.15) is 56.6 Å². The van der Waals surface area contributed by atoms with Crippen LogP contribution in [0.15, 0.2) is 21.7 Å². The van der Waals surface area contributed by atoms with Gasteiger partial charge in [-0.2, -0.15) is 0 Å². The van der Waals surface area contributed by atoms with E-state index in [9.17, 15) is 19.2 Å². The zero-order valence-corrected chi connectivity index (χ0v) is 13.7. The van der Waals surface area contributed by atoms with Gasteiger partial charge in [-0.25, -0.2) is 4.68 Å². The fraction of sp³-hybridized carbons (Fsp3) is 0.294. The molecule has 0 bridgehead atoms. The molecular formula is C17H17N3O4. The minimum absolute atomic E-state index is 0.00681. The van der Waals surface area contributed by atoms with Gasteiger partial charge >= 0.3 is 0 Å². The number of aryl methyl sites for hydroxylation is 2. The highest BCUT2D eigenvalue weighted by Gasteiger charge is 2.37. The van der Waals surface area contributed by atoms with Crippen LogP contribution in [0.5, 0.6) is 0 Å². The second-order valence-corrected chi connectivity index (χ2v) is 5.96. The molecule has 1 aliphatic rings. The Hall–Kier alpha value is -2.96. The molecule has 2 aromatic heterocycles. The van der Waals surface area contributed by atoms with Crippen molar-refractivity contribution >= 4 is 11.6 Å². The van der Waals surface area contributed by atoms with E-state index in [1.165, 1.54) is 19.2 Å². The summed E-state index contributed by atoms with van der Waals surface area (Å²) in [5.41, 5.74) is 0.189. The zero-order valence-electron chi connectivity index (χ0n) is 13.7. The van der Waals surface area contributed by atoms with E-state index in [2.05, 4.69) is 0 Å². The second kappa shape index (κ2) is 5.30. The van der Waals surface area contributed by atoms with Crippen LogP contribution in [0.4, 0.5) is 0 Å². The van der Waals surface area contributed by atoms with E-state index in [-0.39, 0.29) is 33.9 Å². The average molecular weight is 327 g/mol. The second-order valence-electron chi connectivity index (χ2n) is 5.96. The first-order chi connectivity index (χ1) is 11.3. The molecule has 0 fully saturated rings. The molecule has 2 heterocycles. The van der Waals surface area contributed by atoms with Crippen LogP contribution >= 0.6 is 0 Å². The van der Waals surface area contributed by atoms with E-state index in [4.69, 9.17) is 5.84 Å². The van der Waals surface area contributed by atoms with Crippen LogP contribution in [-0.4, -0.2) is 20.8 Å². The summed E-state index contributed by atoms with van der Waals surface area (Å²) in [6.07, 6.45) is 1.23. The molecule has 24 heavy (non-hydrogen) atoms. The van der Waals surface area contributed by atoms with Crippen molar-refractivity contribution in [2.24, 2.45) is 7.05 Å². The van der Waals surface area contributed by atoms with Gasteiger partial charge < -0.3 is 10.4 Å². The van der Waals surface area contributed by atoms with Crippen LogP contribution in [0, 0.1) is 6.92 Å². The van der Waals surface area contributed by atoms with Crippen molar-refractivity contribution in [3.63, 3.8) is 0 Å². The lowest BCUT2D eigenvalue weighted by molar-refractivity contribution is 0.0963. The summed E-state index contributed by atoms with van der Waals surface area (Å²) in [5, 5.41) is 0. The summed E-state index contributed by atoms with van der Waals surface area (Å²) >= 11 is 0. The number of nitrogen functional groups attached to an aromatic ring is 1. The van der Waals surface area contributed by atoms with Gasteiger partial charge in [-0.3, -0.25) is 19.2 Å². The first-order valence-electron chi connectivity index (χ1n) is 7.63. The number of nitrogens with two attached hydrogens (primary N) is 1. The molecule has 0 aliphatic heterocycles. The average Bonchev–Trinajstić information content (AvgIpc) is 2.52. The van der Waals surface area contributed by atoms with Crippen molar-refractivity contribution in [3.05, 3.63) is 66.5 Å². The van der Waals surface area contributed by atoms with Gasteiger partial charge in [-0.1, -0.05) is 13.3 Å². The van der Waals surface area contributed by atoms with Gasteiger partial charge in [0.25, 0.3) is 11.1 Å². The zero-order chi connectivity index (χ0) is 17.8. The molecule has 0 spiro atoms. The summed E-state index contributed by atoms with van der Waals surface area (Å²) in [6.45, 7) is 3.52. The number of carbonyl (C=O) groups is 2. The van der Waals surface area contributed by atoms with E-state index in [1.54, 1.807) is 6.92 Å². The van der Waals surface area contributed by atoms with Gasteiger partial charge in [0.2, 0.25) is 5.78 Å². The van der Waals surface area contributed by atoms with Crippen molar-refractivity contribution in [2.75, 3.05) is 5.84 Å². The number of ketones is 2. The smallest absolute Gasteiger partial charge is 0.269 e. The Morgan fingerprint density at radius 3 is 2.25 bits per heavy atom. The Labute approximate surface area is 137 Å². The maximum atomic E-state index is 13.1. The predicted octanol–water partition coefficient (Wildman–Crippen LogP) is 0.297. The minimum atomic E-state index is -0.583. The van der Waals surface area contributed by atoms with E-state index in [1.807, 2.05) is 6.92 Å². The maximum absolute atomic E-state index is 13.1. The molecule has 1 aliphatic carbocycles. The SMILES string of the molecule is CCCc1cc(=O)n(C)c2c1C(=O)c1c(C)cc(=O)n(N)c1C2=O. The topological polar surface area (TPSA) is 104 Å². The van der Waals surface area contributed by atoms with Crippen LogP contribution in [0.2, 0.25) is 0 Å². The van der Waals surface area contributed by atoms with Gasteiger partial charge in [-0.05, 0) is 24.5 Å². The van der Waals surface area contributed by atoms with Crippen molar-refractivity contribution in [1.82, 2.24) is 9.24 Å². The lowest BCUT2D eigenvalue weighted by atomic mass is 9.84. The Kier molecular flexibility index (Phi) is 3.51. The fourth-order valence-electron chi connectivity index (χ4n) is 3.22. The summed E-state index contributed by atoms with van der Waals surface area (Å²) < 4.78 is 1.83. The van der Waals surface area contributed by atoms with Crippen molar-refractivity contribution in [2.45, 2.75) is 26.7 Å². The first kappa shape index (κ1) is 15.9. The van der Waals surface area contributed by atoms with E-state index in [0.717, 1.165) is 11.0 Å². The molecule has 7 heteroatoms. The van der Waals surface area contributed by atoms with Crippen molar-refractivity contribution in [3.8, 4) is 0 Å². The highest BCUT2D eigenvalue weighted by atomic mass is 16.2. The van der Waals surface area contributed by atoms with Gasteiger partial charge in [0.05, 0.1) is 11.1 Å². The molecule has 2 aromatic rings.